The Morgan fingerprint density at radius 2 is 1.10 bits per heavy atom. The second-order valence-corrected chi connectivity index (χ2v) is 12.6. The monoisotopic (exact) mass is 460 g/mol. The van der Waals surface area contributed by atoms with Crippen molar-refractivity contribution in [1.82, 2.24) is 0 Å². The fraction of sp³-hybridized carbons (Fsp3) is 1.00. The van der Waals surface area contributed by atoms with Crippen molar-refractivity contribution in [3.63, 3.8) is 0 Å². The van der Waals surface area contributed by atoms with Crippen LogP contribution in [0.2, 0.25) is 0 Å². The van der Waals surface area contributed by atoms with Gasteiger partial charge in [-0.1, -0.05) is 103 Å². The Balaban J connectivity index is 1.83. The van der Waals surface area contributed by atoms with E-state index in [0.29, 0.717) is 6.61 Å². The number of unbranched alkanes of at least 4 members (excludes halogenated alkanes) is 15. The van der Waals surface area contributed by atoms with Crippen molar-refractivity contribution in [3.8, 4) is 0 Å². The van der Waals surface area contributed by atoms with E-state index < -0.39 is 7.60 Å². The molecule has 1 rings (SSSR count). The van der Waals surface area contributed by atoms with Crippen molar-refractivity contribution < 1.29 is 18.1 Å². The summed E-state index contributed by atoms with van der Waals surface area (Å²) in [6.07, 6.45) is 23.8. The summed E-state index contributed by atoms with van der Waals surface area (Å²) >= 11 is 0. The molecule has 1 aliphatic heterocycles. The molecule has 186 valence electrons. The molecule has 31 heavy (non-hydrogen) atoms. The number of likely N-dealkylation sites (tertiary alicyclic amines) is 1. The number of rotatable bonds is 20. The molecule has 1 unspecified atom stereocenters. The van der Waals surface area contributed by atoms with Crippen molar-refractivity contribution in [3.05, 3.63) is 0 Å². The summed E-state index contributed by atoms with van der Waals surface area (Å²) in [7, 11) is 1.59. The van der Waals surface area contributed by atoms with Gasteiger partial charge in [0.1, 0.15) is 0 Å². The number of nitrogens with zero attached hydrogens (tertiary/aromatic N) is 1. The molecule has 1 heterocycles. The van der Waals surface area contributed by atoms with Crippen molar-refractivity contribution in [1.29, 1.82) is 0 Å². The Morgan fingerprint density at radius 3 is 1.52 bits per heavy atom. The van der Waals surface area contributed by atoms with Gasteiger partial charge in [0.25, 0.3) is 0 Å². The molecule has 0 aliphatic carbocycles. The molecule has 0 aromatic rings. The van der Waals surface area contributed by atoms with E-state index in [0.717, 1.165) is 36.8 Å². The molecule has 0 radical (unpaired) electrons. The summed E-state index contributed by atoms with van der Waals surface area (Å²) in [6.45, 7) is 6.68. The molecular weight excluding hydrogens is 405 g/mol. The zero-order valence-corrected chi connectivity index (χ0v) is 22.4. The highest BCUT2D eigenvalue weighted by atomic mass is 31.2. The molecule has 0 N–H and O–H groups in total. The lowest BCUT2D eigenvalue weighted by Crippen LogP contribution is -2.47. The molecular formula is C26H55NO3P+. The third-order valence-corrected chi connectivity index (χ3v) is 8.11. The lowest BCUT2D eigenvalue weighted by molar-refractivity contribution is -0.896. The Morgan fingerprint density at radius 1 is 0.710 bits per heavy atom. The molecule has 0 aromatic heterocycles. The van der Waals surface area contributed by atoms with Crippen LogP contribution in [0.1, 0.15) is 122 Å². The van der Waals surface area contributed by atoms with Gasteiger partial charge in [-0.05, 0) is 6.42 Å². The van der Waals surface area contributed by atoms with Crippen LogP contribution in [-0.4, -0.2) is 51.0 Å². The Kier molecular flexibility index (Phi) is 16.5. The quantitative estimate of drug-likeness (QED) is 0.104. The van der Waals surface area contributed by atoms with Gasteiger partial charge in [-0.25, -0.2) is 0 Å². The number of hydrogen-bond acceptors (Lipinski definition) is 3. The van der Waals surface area contributed by atoms with Gasteiger partial charge in [-0.2, -0.15) is 0 Å². The van der Waals surface area contributed by atoms with E-state index >= 15 is 0 Å². The Hall–Kier alpha value is 0.110. The molecule has 1 aliphatic rings. The lowest BCUT2D eigenvalue weighted by atomic mass is 10.0. The number of piperidine rings is 1. The van der Waals surface area contributed by atoms with E-state index in [9.17, 15) is 4.57 Å². The number of quaternary nitrogens is 1. The highest BCUT2D eigenvalue weighted by molar-refractivity contribution is 7.53. The fourth-order valence-corrected chi connectivity index (χ4v) is 5.80. The second kappa shape index (κ2) is 17.6. The SMILES string of the molecule is CCCCCCCCCCCCCCCCCCOP(C)(=O)OC1CC[N+](C)(C)CC1. The van der Waals surface area contributed by atoms with Crippen LogP contribution in [0.4, 0.5) is 0 Å². The molecule has 0 amide bonds. The van der Waals surface area contributed by atoms with Crippen molar-refractivity contribution in [2.75, 3.05) is 40.5 Å². The van der Waals surface area contributed by atoms with E-state index in [2.05, 4.69) is 21.0 Å². The first kappa shape index (κ1) is 29.1. The average Bonchev–Trinajstić information content (AvgIpc) is 2.72. The lowest BCUT2D eigenvalue weighted by Gasteiger charge is -2.37. The van der Waals surface area contributed by atoms with Crippen LogP contribution in [0.25, 0.3) is 0 Å². The first-order chi connectivity index (χ1) is 14.8. The van der Waals surface area contributed by atoms with Crippen LogP contribution < -0.4 is 0 Å². The molecule has 1 saturated heterocycles. The third kappa shape index (κ3) is 17.3. The molecule has 4 nitrogen and oxygen atoms in total. The fourth-order valence-electron chi connectivity index (χ4n) is 4.53. The third-order valence-electron chi connectivity index (χ3n) is 6.78. The number of hydrogen-bond donors (Lipinski definition) is 0. The van der Waals surface area contributed by atoms with Crippen LogP contribution in [0.5, 0.6) is 0 Å². The summed E-state index contributed by atoms with van der Waals surface area (Å²) in [4.78, 5) is 0. The molecule has 1 atom stereocenters. The van der Waals surface area contributed by atoms with Crippen molar-refractivity contribution >= 4 is 7.60 Å². The van der Waals surface area contributed by atoms with E-state index in [1.54, 1.807) is 6.66 Å². The van der Waals surface area contributed by atoms with Gasteiger partial charge in [0.15, 0.2) is 0 Å². The minimum Gasteiger partial charge on any atom is -0.328 e. The smallest absolute Gasteiger partial charge is 0.327 e. The standard InChI is InChI=1S/C26H55NO3P/c1-5-6-7-8-9-10-11-12-13-14-15-16-17-18-19-20-25-29-31(4,28)30-26-21-23-27(2,3)24-22-26/h26H,5-25H2,1-4H3/q+1. The predicted molar refractivity (Wildman–Crippen MR) is 135 cm³/mol. The molecule has 0 bridgehead atoms. The van der Waals surface area contributed by atoms with Gasteiger partial charge < -0.3 is 13.5 Å². The first-order valence-electron chi connectivity index (χ1n) is 13.6. The summed E-state index contributed by atoms with van der Waals surface area (Å²) in [5, 5.41) is 0. The average molecular weight is 461 g/mol. The Labute approximate surface area is 195 Å². The molecule has 1 fully saturated rings. The zero-order chi connectivity index (χ0) is 22.8. The van der Waals surface area contributed by atoms with Gasteiger partial charge >= 0.3 is 7.60 Å². The van der Waals surface area contributed by atoms with Crippen molar-refractivity contribution in [2.45, 2.75) is 129 Å². The minimum absolute atomic E-state index is 0.104. The van der Waals surface area contributed by atoms with Gasteiger partial charge in [0, 0.05) is 19.5 Å². The molecule has 5 heteroatoms. The van der Waals surface area contributed by atoms with Crippen LogP contribution in [0.3, 0.4) is 0 Å². The summed E-state index contributed by atoms with van der Waals surface area (Å²) in [5.41, 5.74) is 0. The largest absolute Gasteiger partial charge is 0.328 e. The van der Waals surface area contributed by atoms with E-state index in [1.807, 2.05) is 0 Å². The predicted octanol–water partition coefficient (Wildman–Crippen LogP) is 8.34. The van der Waals surface area contributed by atoms with E-state index in [1.165, 1.54) is 96.3 Å². The normalized spacial score (nSPS) is 18.8. The van der Waals surface area contributed by atoms with Crippen LogP contribution in [0, 0.1) is 0 Å². The van der Waals surface area contributed by atoms with Crippen LogP contribution >= 0.6 is 7.60 Å². The highest BCUT2D eigenvalue weighted by Crippen LogP contribution is 2.46. The van der Waals surface area contributed by atoms with Gasteiger partial charge in [0.05, 0.1) is 39.9 Å². The zero-order valence-electron chi connectivity index (χ0n) is 21.5. The molecule has 0 spiro atoms. The topological polar surface area (TPSA) is 35.5 Å². The second-order valence-electron chi connectivity index (χ2n) is 10.6. The minimum atomic E-state index is -2.90. The van der Waals surface area contributed by atoms with Gasteiger partial charge in [-0.15, -0.1) is 0 Å². The van der Waals surface area contributed by atoms with Gasteiger partial charge in [-0.3, -0.25) is 4.57 Å². The Bertz CT molecular complexity index is 460. The summed E-state index contributed by atoms with van der Waals surface area (Å²) < 4.78 is 25.0. The summed E-state index contributed by atoms with van der Waals surface area (Å²) in [5.74, 6) is 0. The maximum atomic E-state index is 12.6. The maximum absolute atomic E-state index is 12.6. The summed E-state index contributed by atoms with van der Waals surface area (Å²) in [6, 6.07) is 0. The van der Waals surface area contributed by atoms with E-state index in [4.69, 9.17) is 9.05 Å². The highest BCUT2D eigenvalue weighted by Gasteiger charge is 2.31. The van der Waals surface area contributed by atoms with Crippen LogP contribution in [0.15, 0.2) is 0 Å². The maximum Gasteiger partial charge on any atom is 0.327 e. The van der Waals surface area contributed by atoms with Gasteiger partial charge in [0.2, 0.25) is 0 Å². The first-order valence-corrected chi connectivity index (χ1v) is 15.6. The molecule has 0 saturated carbocycles. The van der Waals surface area contributed by atoms with Crippen LogP contribution in [-0.2, 0) is 13.6 Å². The molecule has 0 aromatic carbocycles. The van der Waals surface area contributed by atoms with Crippen molar-refractivity contribution in [2.24, 2.45) is 0 Å². The van der Waals surface area contributed by atoms with E-state index in [-0.39, 0.29) is 6.10 Å².